The molecule has 0 radical (unpaired) electrons. The van der Waals surface area contributed by atoms with Gasteiger partial charge in [0.2, 0.25) is 5.91 Å². The Labute approximate surface area is 174 Å². The molecular formula is C23H24N4OS. The SMILES string of the molecule is Cc1cc2nnc(SCC(=O)N[C@H](C)CCc3ccccc3)n2c2ccccc12. The molecule has 2 aromatic carbocycles. The number of carbonyl (C=O) groups is 1. The number of amides is 1. The van der Waals surface area contributed by atoms with Gasteiger partial charge in [-0.3, -0.25) is 9.20 Å². The molecule has 148 valence electrons. The highest BCUT2D eigenvalue weighted by atomic mass is 32.2. The summed E-state index contributed by atoms with van der Waals surface area (Å²) in [5.41, 5.74) is 4.33. The molecule has 29 heavy (non-hydrogen) atoms. The Morgan fingerprint density at radius 1 is 1.10 bits per heavy atom. The highest BCUT2D eigenvalue weighted by Crippen LogP contribution is 2.25. The van der Waals surface area contributed by atoms with Gasteiger partial charge in [-0.15, -0.1) is 10.2 Å². The molecular weight excluding hydrogens is 380 g/mol. The van der Waals surface area contributed by atoms with E-state index in [2.05, 4.69) is 46.7 Å². The number of para-hydroxylation sites is 1. The van der Waals surface area contributed by atoms with E-state index < -0.39 is 0 Å². The molecule has 4 aromatic rings. The second-order valence-electron chi connectivity index (χ2n) is 7.30. The van der Waals surface area contributed by atoms with Crippen LogP contribution in [-0.4, -0.2) is 32.3 Å². The zero-order chi connectivity index (χ0) is 20.2. The Bertz CT molecular complexity index is 1140. The second-order valence-corrected chi connectivity index (χ2v) is 8.24. The number of aryl methyl sites for hydroxylation is 2. The summed E-state index contributed by atoms with van der Waals surface area (Å²) in [7, 11) is 0. The minimum absolute atomic E-state index is 0.0173. The maximum Gasteiger partial charge on any atom is 0.230 e. The van der Waals surface area contributed by atoms with E-state index in [-0.39, 0.29) is 11.9 Å². The summed E-state index contributed by atoms with van der Waals surface area (Å²) in [6.07, 6.45) is 1.87. The molecule has 0 aliphatic carbocycles. The van der Waals surface area contributed by atoms with Crippen LogP contribution in [0.4, 0.5) is 0 Å². The summed E-state index contributed by atoms with van der Waals surface area (Å²) in [6.45, 7) is 4.13. The lowest BCUT2D eigenvalue weighted by Gasteiger charge is -2.13. The monoisotopic (exact) mass is 404 g/mol. The van der Waals surface area contributed by atoms with E-state index in [1.54, 1.807) is 0 Å². The van der Waals surface area contributed by atoms with E-state index in [4.69, 9.17) is 0 Å². The van der Waals surface area contributed by atoms with Gasteiger partial charge in [-0.25, -0.2) is 0 Å². The summed E-state index contributed by atoms with van der Waals surface area (Å²) >= 11 is 1.42. The number of aromatic nitrogens is 3. The largest absolute Gasteiger partial charge is 0.353 e. The lowest BCUT2D eigenvalue weighted by atomic mass is 10.1. The number of fused-ring (bicyclic) bond motifs is 3. The van der Waals surface area contributed by atoms with Crippen LogP contribution in [0.5, 0.6) is 0 Å². The first-order valence-electron chi connectivity index (χ1n) is 9.81. The van der Waals surface area contributed by atoms with Crippen LogP contribution in [0.25, 0.3) is 16.6 Å². The molecule has 1 N–H and O–H groups in total. The molecule has 0 bridgehead atoms. The third kappa shape index (κ3) is 4.43. The Morgan fingerprint density at radius 3 is 2.69 bits per heavy atom. The van der Waals surface area contributed by atoms with Gasteiger partial charge in [-0.05, 0) is 49.9 Å². The molecule has 6 heteroatoms. The summed E-state index contributed by atoms with van der Waals surface area (Å²) in [5.74, 6) is 0.335. The second kappa shape index (κ2) is 8.66. The van der Waals surface area contributed by atoms with E-state index in [0.717, 1.165) is 29.2 Å². The average molecular weight is 405 g/mol. The van der Waals surface area contributed by atoms with E-state index in [1.165, 1.54) is 28.3 Å². The van der Waals surface area contributed by atoms with Gasteiger partial charge in [0.25, 0.3) is 0 Å². The van der Waals surface area contributed by atoms with E-state index >= 15 is 0 Å². The molecule has 0 aliphatic heterocycles. The van der Waals surface area contributed by atoms with Crippen LogP contribution in [0.2, 0.25) is 0 Å². The molecule has 1 amide bonds. The summed E-state index contributed by atoms with van der Waals surface area (Å²) in [5, 5.41) is 13.6. The van der Waals surface area contributed by atoms with Gasteiger partial charge < -0.3 is 5.32 Å². The maximum atomic E-state index is 12.4. The van der Waals surface area contributed by atoms with Gasteiger partial charge in [0.1, 0.15) is 0 Å². The number of benzene rings is 2. The molecule has 0 fully saturated rings. The number of pyridine rings is 1. The fourth-order valence-electron chi connectivity index (χ4n) is 3.51. The average Bonchev–Trinajstić information content (AvgIpc) is 3.14. The van der Waals surface area contributed by atoms with Crippen molar-refractivity contribution in [2.45, 2.75) is 37.9 Å². The topological polar surface area (TPSA) is 59.3 Å². The van der Waals surface area contributed by atoms with Crippen LogP contribution in [0, 0.1) is 6.92 Å². The van der Waals surface area contributed by atoms with Crippen molar-refractivity contribution in [3.63, 3.8) is 0 Å². The standard InChI is InChI=1S/C23H24N4OS/c1-16-14-21-25-26-23(27(21)20-11-7-6-10-19(16)20)29-15-22(28)24-17(2)12-13-18-8-4-3-5-9-18/h3-11,14,17H,12-13,15H2,1-2H3,(H,24,28)/t17-/m1/s1. The number of rotatable bonds is 7. The van der Waals surface area contributed by atoms with Crippen molar-refractivity contribution >= 4 is 34.2 Å². The van der Waals surface area contributed by atoms with Crippen molar-refractivity contribution in [1.29, 1.82) is 0 Å². The zero-order valence-electron chi connectivity index (χ0n) is 16.6. The highest BCUT2D eigenvalue weighted by molar-refractivity contribution is 7.99. The first-order chi connectivity index (χ1) is 14.1. The van der Waals surface area contributed by atoms with E-state index in [1.807, 2.05) is 47.7 Å². The van der Waals surface area contributed by atoms with Gasteiger partial charge in [-0.1, -0.05) is 60.3 Å². The predicted octanol–water partition coefficient (Wildman–Crippen LogP) is 4.42. The number of nitrogens with one attached hydrogen (secondary N) is 1. The van der Waals surface area contributed by atoms with E-state index in [9.17, 15) is 4.79 Å². The number of hydrogen-bond donors (Lipinski definition) is 1. The van der Waals surface area contributed by atoms with Crippen molar-refractivity contribution in [2.75, 3.05) is 5.75 Å². The van der Waals surface area contributed by atoms with Gasteiger partial charge in [0.15, 0.2) is 10.8 Å². The smallest absolute Gasteiger partial charge is 0.230 e. The molecule has 4 rings (SSSR count). The maximum absolute atomic E-state index is 12.4. The van der Waals surface area contributed by atoms with Crippen molar-refractivity contribution < 1.29 is 4.79 Å². The fourth-order valence-corrected chi connectivity index (χ4v) is 4.28. The fraction of sp³-hybridized carbons (Fsp3) is 0.261. The van der Waals surface area contributed by atoms with Crippen LogP contribution in [-0.2, 0) is 11.2 Å². The summed E-state index contributed by atoms with van der Waals surface area (Å²) in [6, 6.07) is 20.7. The Morgan fingerprint density at radius 2 is 1.86 bits per heavy atom. The Balaban J connectivity index is 1.39. The highest BCUT2D eigenvalue weighted by Gasteiger charge is 2.14. The van der Waals surface area contributed by atoms with Crippen LogP contribution in [0.1, 0.15) is 24.5 Å². The first kappa shape index (κ1) is 19.5. The van der Waals surface area contributed by atoms with Crippen molar-refractivity contribution in [3.05, 3.63) is 71.8 Å². The first-order valence-corrected chi connectivity index (χ1v) is 10.8. The minimum atomic E-state index is 0.0173. The number of hydrogen-bond acceptors (Lipinski definition) is 4. The molecule has 1 atom stereocenters. The molecule has 0 aliphatic rings. The van der Waals surface area contributed by atoms with Crippen molar-refractivity contribution in [1.82, 2.24) is 19.9 Å². The number of thioether (sulfide) groups is 1. The normalized spacial score (nSPS) is 12.3. The zero-order valence-corrected chi connectivity index (χ0v) is 17.4. The molecule has 2 aromatic heterocycles. The van der Waals surface area contributed by atoms with Gasteiger partial charge in [-0.2, -0.15) is 0 Å². The third-order valence-corrected chi connectivity index (χ3v) is 5.95. The molecule has 0 saturated carbocycles. The number of carbonyl (C=O) groups excluding carboxylic acids is 1. The summed E-state index contributed by atoms with van der Waals surface area (Å²) < 4.78 is 2.03. The molecule has 0 saturated heterocycles. The third-order valence-electron chi connectivity index (χ3n) is 5.02. The van der Waals surface area contributed by atoms with Crippen molar-refractivity contribution in [2.24, 2.45) is 0 Å². The Kier molecular flexibility index (Phi) is 5.81. The molecule has 0 unspecified atom stereocenters. The predicted molar refractivity (Wildman–Crippen MR) is 118 cm³/mol. The minimum Gasteiger partial charge on any atom is -0.353 e. The summed E-state index contributed by atoms with van der Waals surface area (Å²) in [4.78, 5) is 12.4. The lowest BCUT2D eigenvalue weighted by Crippen LogP contribution is -2.34. The quantitative estimate of drug-likeness (QED) is 0.463. The number of nitrogens with zero attached hydrogens (tertiary/aromatic N) is 3. The van der Waals surface area contributed by atoms with Crippen molar-refractivity contribution in [3.8, 4) is 0 Å². The van der Waals surface area contributed by atoms with E-state index in [0.29, 0.717) is 5.75 Å². The van der Waals surface area contributed by atoms with Gasteiger partial charge in [0, 0.05) is 11.4 Å². The van der Waals surface area contributed by atoms with Crippen LogP contribution < -0.4 is 5.32 Å². The van der Waals surface area contributed by atoms with Crippen LogP contribution >= 0.6 is 11.8 Å². The van der Waals surface area contributed by atoms with Gasteiger partial charge in [0.05, 0.1) is 11.3 Å². The van der Waals surface area contributed by atoms with Gasteiger partial charge >= 0.3 is 0 Å². The van der Waals surface area contributed by atoms with Crippen LogP contribution in [0.3, 0.4) is 0 Å². The van der Waals surface area contributed by atoms with Crippen LogP contribution in [0.15, 0.2) is 65.8 Å². The molecule has 2 heterocycles. The molecule has 5 nitrogen and oxygen atoms in total. The Hall–Kier alpha value is -2.86. The lowest BCUT2D eigenvalue weighted by molar-refractivity contribution is -0.119. The molecule has 0 spiro atoms.